The summed E-state index contributed by atoms with van der Waals surface area (Å²) in [4.78, 5) is 25.3. The Morgan fingerprint density at radius 1 is 0.557 bits per heavy atom. The third-order valence-corrected chi connectivity index (χ3v) is 12.9. The highest BCUT2D eigenvalue weighted by atomic mass is 31.2. The second kappa shape index (κ2) is 44.2. The predicted octanol–water partition coefficient (Wildman–Crippen LogP) is 14.6. The van der Waals surface area contributed by atoms with E-state index in [1.807, 2.05) is 27.2 Å². The van der Waals surface area contributed by atoms with E-state index in [-0.39, 0.29) is 19.1 Å². The summed E-state index contributed by atoms with van der Waals surface area (Å²) in [5.41, 5.74) is 0. The topological polar surface area (TPSA) is 108 Å². The number of aliphatic hydroxyl groups excluding tert-OH is 1. The SMILES string of the molecule is CCCCCCC/C=C/CC/C=C/C(O)C(COP(=O)([O-])OCC[N+](C)(C)C)NC(=O)CCCCCCCCCCCCCCCCCCCCCCCCCCCCCC. The average molecular weight is 883 g/mol. The molecule has 3 atom stereocenters. The number of carbonyl (C=O) groups excluding carboxylic acids is 1. The lowest BCUT2D eigenvalue weighted by atomic mass is 10.0. The van der Waals surface area contributed by atoms with E-state index < -0.39 is 20.0 Å². The number of nitrogens with zero attached hydrogens (tertiary/aromatic N) is 1. The molecule has 0 aromatic carbocycles. The molecule has 0 heterocycles. The molecule has 3 unspecified atom stereocenters. The number of aliphatic hydroxyl groups is 1. The van der Waals surface area contributed by atoms with Gasteiger partial charge >= 0.3 is 0 Å². The van der Waals surface area contributed by atoms with Gasteiger partial charge in [-0.3, -0.25) is 9.36 Å². The summed E-state index contributed by atoms with van der Waals surface area (Å²) in [6.07, 6.45) is 54.1. The van der Waals surface area contributed by atoms with Crippen LogP contribution >= 0.6 is 7.82 Å². The number of carbonyl (C=O) groups is 1. The molecule has 362 valence electrons. The Morgan fingerprint density at radius 2 is 0.918 bits per heavy atom. The first-order valence-corrected chi connectivity index (χ1v) is 27.7. The minimum atomic E-state index is -4.59. The van der Waals surface area contributed by atoms with E-state index in [4.69, 9.17) is 9.05 Å². The average Bonchev–Trinajstić information content (AvgIpc) is 3.21. The summed E-state index contributed by atoms with van der Waals surface area (Å²) < 4.78 is 23.2. The van der Waals surface area contributed by atoms with Crippen molar-refractivity contribution in [2.75, 3.05) is 40.9 Å². The molecule has 0 aliphatic rings. The van der Waals surface area contributed by atoms with Crippen molar-refractivity contribution in [3.05, 3.63) is 24.3 Å². The Kier molecular flexibility index (Phi) is 43.5. The summed E-state index contributed by atoms with van der Waals surface area (Å²) in [6.45, 7) is 4.62. The van der Waals surface area contributed by atoms with Crippen LogP contribution < -0.4 is 10.2 Å². The minimum Gasteiger partial charge on any atom is -0.756 e. The first-order chi connectivity index (χ1) is 29.5. The van der Waals surface area contributed by atoms with Crippen LogP contribution in [0.2, 0.25) is 0 Å². The molecule has 9 heteroatoms. The molecule has 0 fully saturated rings. The fourth-order valence-electron chi connectivity index (χ4n) is 7.76. The third kappa shape index (κ3) is 46.8. The van der Waals surface area contributed by atoms with Crippen molar-refractivity contribution >= 4 is 13.7 Å². The first-order valence-electron chi connectivity index (χ1n) is 26.2. The van der Waals surface area contributed by atoms with Gasteiger partial charge in [-0.25, -0.2) is 0 Å². The van der Waals surface area contributed by atoms with Gasteiger partial charge in [0.05, 0.1) is 39.9 Å². The second-order valence-corrected chi connectivity index (χ2v) is 20.6. The van der Waals surface area contributed by atoms with Gasteiger partial charge in [-0.2, -0.15) is 0 Å². The fraction of sp³-hybridized carbons (Fsp3) is 0.904. The molecule has 0 aromatic rings. The van der Waals surface area contributed by atoms with E-state index in [0.717, 1.165) is 38.5 Å². The maximum Gasteiger partial charge on any atom is 0.268 e. The zero-order valence-corrected chi connectivity index (χ0v) is 42.0. The van der Waals surface area contributed by atoms with Gasteiger partial charge in [-0.15, -0.1) is 0 Å². The summed E-state index contributed by atoms with van der Waals surface area (Å²) in [7, 11) is 1.25. The molecule has 0 aromatic heterocycles. The van der Waals surface area contributed by atoms with Crippen LogP contribution in [0, 0.1) is 0 Å². The van der Waals surface area contributed by atoms with Crippen molar-refractivity contribution in [2.45, 2.75) is 264 Å². The van der Waals surface area contributed by atoms with Crippen molar-refractivity contribution in [3.8, 4) is 0 Å². The van der Waals surface area contributed by atoms with E-state index in [2.05, 4.69) is 31.3 Å². The van der Waals surface area contributed by atoms with E-state index in [9.17, 15) is 19.4 Å². The maximum absolute atomic E-state index is 12.9. The van der Waals surface area contributed by atoms with Crippen LogP contribution in [0.3, 0.4) is 0 Å². The molecule has 0 aliphatic carbocycles. The van der Waals surface area contributed by atoms with Gasteiger partial charge in [0.25, 0.3) is 7.82 Å². The van der Waals surface area contributed by atoms with Crippen LogP contribution in [0.1, 0.15) is 251 Å². The Morgan fingerprint density at radius 3 is 1.33 bits per heavy atom. The van der Waals surface area contributed by atoms with Crippen molar-refractivity contribution in [2.24, 2.45) is 0 Å². The van der Waals surface area contributed by atoms with Crippen LogP contribution in [0.5, 0.6) is 0 Å². The smallest absolute Gasteiger partial charge is 0.268 e. The highest BCUT2D eigenvalue weighted by Gasteiger charge is 2.23. The molecular weight excluding hydrogens is 780 g/mol. The normalized spacial score (nSPS) is 14.3. The van der Waals surface area contributed by atoms with Crippen molar-refractivity contribution in [1.29, 1.82) is 0 Å². The lowest BCUT2D eigenvalue weighted by Crippen LogP contribution is -2.45. The highest BCUT2D eigenvalue weighted by molar-refractivity contribution is 7.45. The van der Waals surface area contributed by atoms with Crippen LogP contribution in [0.25, 0.3) is 0 Å². The van der Waals surface area contributed by atoms with Crippen LogP contribution in [-0.2, 0) is 18.4 Å². The molecule has 1 amide bonds. The van der Waals surface area contributed by atoms with Crippen LogP contribution in [0.4, 0.5) is 0 Å². The Bertz CT molecular complexity index is 1050. The zero-order chi connectivity index (χ0) is 45.0. The molecule has 0 rings (SSSR count). The van der Waals surface area contributed by atoms with Gasteiger partial charge in [-0.1, -0.05) is 237 Å². The fourth-order valence-corrected chi connectivity index (χ4v) is 8.48. The second-order valence-electron chi connectivity index (χ2n) is 19.2. The monoisotopic (exact) mass is 883 g/mol. The van der Waals surface area contributed by atoms with Gasteiger partial charge in [0.2, 0.25) is 5.91 Å². The molecule has 0 saturated heterocycles. The van der Waals surface area contributed by atoms with Gasteiger partial charge in [0.1, 0.15) is 13.2 Å². The maximum atomic E-state index is 12.9. The molecule has 2 N–H and O–H groups in total. The van der Waals surface area contributed by atoms with Crippen LogP contribution in [-0.4, -0.2) is 68.5 Å². The van der Waals surface area contributed by atoms with Crippen LogP contribution in [0.15, 0.2) is 24.3 Å². The number of phosphoric acid groups is 1. The van der Waals surface area contributed by atoms with E-state index in [1.165, 1.54) is 193 Å². The van der Waals surface area contributed by atoms with Crippen molar-refractivity contribution in [3.63, 3.8) is 0 Å². The number of likely N-dealkylation sites (N-methyl/N-ethyl adjacent to an activating group) is 1. The molecule has 8 nitrogen and oxygen atoms in total. The van der Waals surface area contributed by atoms with E-state index in [0.29, 0.717) is 17.4 Å². The van der Waals surface area contributed by atoms with Gasteiger partial charge in [-0.05, 0) is 32.1 Å². The summed E-state index contributed by atoms with van der Waals surface area (Å²) in [5.74, 6) is -0.204. The van der Waals surface area contributed by atoms with Crippen molar-refractivity contribution in [1.82, 2.24) is 5.32 Å². The number of allylic oxidation sites excluding steroid dienone is 3. The summed E-state index contributed by atoms with van der Waals surface area (Å²) >= 11 is 0. The highest BCUT2D eigenvalue weighted by Crippen LogP contribution is 2.38. The third-order valence-electron chi connectivity index (χ3n) is 11.9. The lowest BCUT2D eigenvalue weighted by Gasteiger charge is -2.29. The molecule has 0 saturated carbocycles. The number of hydrogen-bond acceptors (Lipinski definition) is 6. The van der Waals surface area contributed by atoms with E-state index in [1.54, 1.807) is 6.08 Å². The van der Waals surface area contributed by atoms with Gasteiger partial charge < -0.3 is 28.8 Å². The number of rotatable bonds is 48. The largest absolute Gasteiger partial charge is 0.756 e. The Labute approximate surface area is 379 Å². The number of hydrogen-bond donors (Lipinski definition) is 2. The molecule has 61 heavy (non-hydrogen) atoms. The van der Waals surface area contributed by atoms with Gasteiger partial charge in [0.15, 0.2) is 0 Å². The standard InChI is InChI=1S/C52H103N2O6P/c1-6-8-10-12-14-16-18-19-20-21-22-23-24-25-26-27-28-29-30-31-32-33-34-36-38-40-42-44-46-52(56)53-50(49-60-61(57,58)59-48-47-54(3,4)5)51(55)45-43-41-39-37-35-17-15-13-11-9-7-2/h35,37,43,45,50-51,55H,6-34,36,38-42,44,46-49H2,1-5H3,(H-,53,56,57,58)/b37-35+,45-43+. The summed E-state index contributed by atoms with van der Waals surface area (Å²) in [5, 5.41) is 13.8. The Hall–Kier alpha value is -1.02. The number of unbranched alkanes of at least 4 members (excludes halogenated alkanes) is 33. The molecule has 0 aliphatic heterocycles. The zero-order valence-electron chi connectivity index (χ0n) is 41.1. The molecule has 0 bridgehead atoms. The predicted molar refractivity (Wildman–Crippen MR) is 261 cm³/mol. The number of phosphoric ester groups is 1. The van der Waals surface area contributed by atoms with Gasteiger partial charge in [0, 0.05) is 6.42 Å². The quantitative estimate of drug-likeness (QED) is 0.0273. The number of amides is 1. The molecular formula is C52H103N2O6P. The number of quaternary nitrogens is 1. The summed E-state index contributed by atoms with van der Waals surface area (Å²) in [6, 6.07) is -0.898. The molecule has 0 spiro atoms. The number of nitrogens with one attached hydrogen (secondary N) is 1. The Balaban J connectivity index is 4.06. The van der Waals surface area contributed by atoms with Crippen molar-refractivity contribution < 1.29 is 32.9 Å². The minimum absolute atomic E-state index is 0.00430. The van der Waals surface area contributed by atoms with E-state index >= 15 is 0 Å². The lowest BCUT2D eigenvalue weighted by molar-refractivity contribution is -0.870. The first kappa shape index (κ1) is 60.0. The molecule has 0 radical (unpaired) electrons.